The van der Waals surface area contributed by atoms with Crippen LogP contribution in [0.4, 0.5) is 15.3 Å². The van der Waals surface area contributed by atoms with E-state index < -0.39 is 17.8 Å². The van der Waals surface area contributed by atoms with Crippen LogP contribution in [0.5, 0.6) is 0 Å². The molecule has 0 spiro atoms. The summed E-state index contributed by atoms with van der Waals surface area (Å²) in [6.07, 6.45) is -1.40. The van der Waals surface area contributed by atoms with E-state index in [-0.39, 0.29) is 24.0 Å². The molecule has 2 saturated heterocycles. The zero-order valence-electron chi connectivity index (χ0n) is 21.0. The van der Waals surface area contributed by atoms with E-state index in [1.807, 2.05) is 27.7 Å². The molecule has 2 atom stereocenters. The smallest absolute Gasteiger partial charge is 0.414 e. The third-order valence-electron chi connectivity index (χ3n) is 5.92. The number of cyclic esters (lactones) is 1. The number of amides is 2. The Hall–Kier alpha value is -3.18. The van der Waals surface area contributed by atoms with Gasteiger partial charge in [-0.15, -0.1) is 0 Å². The van der Waals surface area contributed by atoms with Gasteiger partial charge in [0.15, 0.2) is 0 Å². The first-order chi connectivity index (χ1) is 16.5. The Kier molecular flexibility index (Phi) is 8.34. The van der Waals surface area contributed by atoms with Crippen molar-refractivity contribution in [2.45, 2.75) is 45.4 Å². The van der Waals surface area contributed by atoms with Gasteiger partial charge in [-0.25, -0.2) is 9.59 Å². The van der Waals surface area contributed by atoms with Crippen LogP contribution in [0.25, 0.3) is 0 Å². The highest BCUT2D eigenvalue weighted by Crippen LogP contribution is 2.23. The van der Waals surface area contributed by atoms with Gasteiger partial charge in [0.05, 0.1) is 13.7 Å². The molecular weight excluding hydrogens is 454 g/mol. The highest BCUT2D eigenvalue weighted by molar-refractivity contribution is 6.04. The molecule has 0 aromatic heterocycles. The summed E-state index contributed by atoms with van der Waals surface area (Å²) in [7, 11) is 1.23. The molecule has 2 unspecified atom stereocenters. The van der Waals surface area contributed by atoms with E-state index in [0.29, 0.717) is 24.3 Å². The Bertz CT molecular complexity index is 937. The Morgan fingerprint density at radius 2 is 1.80 bits per heavy atom. The predicted molar refractivity (Wildman–Crippen MR) is 130 cm³/mol. The zero-order valence-corrected chi connectivity index (χ0v) is 21.0. The second-order valence-electron chi connectivity index (χ2n) is 9.70. The van der Waals surface area contributed by atoms with Crippen molar-refractivity contribution in [2.24, 2.45) is 0 Å². The van der Waals surface area contributed by atoms with Crippen molar-refractivity contribution in [3.05, 3.63) is 29.8 Å². The Labute approximate surface area is 205 Å². The molecular formula is C24H35N5O6. The van der Waals surface area contributed by atoms with Crippen LogP contribution in [0.1, 0.15) is 33.3 Å². The molecule has 2 N–H and O–H groups in total. The number of methoxy groups -OCH3 is 1. The molecule has 1 aromatic carbocycles. The summed E-state index contributed by atoms with van der Waals surface area (Å²) < 4.78 is 15.6. The topological polar surface area (TPSA) is 124 Å². The number of anilines is 1. The quantitative estimate of drug-likeness (QED) is 0.269. The van der Waals surface area contributed by atoms with Gasteiger partial charge in [-0.1, -0.05) is 0 Å². The zero-order chi connectivity index (χ0) is 25.8. The average Bonchev–Trinajstić information content (AvgIpc) is 3.17. The number of carbonyl (C=O) groups is 3. The number of carbonyl (C=O) groups excluding carboxylic acids is 3. The molecule has 0 saturated carbocycles. The Morgan fingerprint density at radius 1 is 1.17 bits per heavy atom. The number of alkyl carbamates (subject to hydrolysis) is 1. The summed E-state index contributed by atoms with van der Waals surface area (Å²) >= 11 is 0. The molecule has 0 radical (unpaired) electrons. The minimum atomic E-state index is -0.717. The van der Waals surface area contributed by atoms with Gasteiger partial charge < -0.3 is 14.2 Å². The fourth-order valence-electron chi connectivity index (χ4n) is 4.02. The van der Waals surface area contributed by atoms with Gasteiger partial charge in [0.25, 0.3) is 0 Å². The van der Waals surface area contributed by atoms with Crippen LogP contribution in [0, 0.1) is 5.41 Å². The highest BCUT2D eigenvalue weighted by atomic mass is 16.6. The second-order valence-corrected chi connectivity index (χ2v) is 9.70. The monoisotopic (exact) mass is 489 g/mol. The number of hydrogen-bond donors (Lipinski definition) is 2. The molecule has 0 aliphatic carbocycles. The maximum absolute atomic E-state index is 12.5. The molecule has 192 valence electrons. The fourth-order valence-corrected chi connectivity index (χ4v) is 4.02. The number of amidine groups is 1. The molecule has 2 aliphatic rings. The first-order valence-electron chi connectivity index (χ1n) is 11.7. The molecule has 1 aromatic rings. The lowest BCUT2D eigenvalue weighted by molar-refractivity contribution is -0.161. The third-order valence-corrected chi connectivity index (χ3v) is 5.92. The summed E-state index contributed by atoms with van der Waals surface area (Å²) in [5.41, 5.74) is 0.637. The highest BCUT2D eigenvalue weighted by Gasteiger charge is 2.35. The number of esters is 1. The largest absolute Gasteiger partial charge is 0.459 e. The third kappa shape index (κ3) is 7.15. The number of ether oxygens (including phenoxy) is 3. The van der Waals surface area contributed by atoms with Crippen molar-refractivity contribution >= 4 is 29.7 Å². The van der Waals surface area contributed by atoms with E-state index in [1.165, 1.54) is 7.11 Å². The number of nitrogens with one attached hydrogen (secondary N) is 2. The van der Waals surface area contributed by atoms with Gasteiger partial charge in [-0.2, -0.15) is 0 Å². The van der Waals surface area contributed by atoms with Crippen molar-refractivity contribution in [1.29, 1.82) is 5.41 Å². The maximum atomic E-state index is 12.5. The van der Waals surface area contributed by atoms with Crippen LogP contribution in [0.3, 0.4) is 0 Å². The minimum Gasteiger partial charge on any atom is -0.459 e. The molecule has 0 bridgehead atoms. The first kappa shape index (κ1) is 26.4. The second kappa shape index (κ2) is 11.0. The van der Waals surface area contributed by atoms with Gasteiger partial charge in [-0.05, 0) is 52.0 Å². The molecule has 2 amide bonds. The standard InChI is InChI=1S/C24H35N5O6/c1-16(21(30)35-24(2,3)4)28-12-10-27(11-13-28)14-19-15-29(23(32)34-19)18-8-6-17(7-9-18)20(25)26-22(31)33-5/h6-9,16,19H,10-15H2,1-5H3,(H2,25,26,31). The van der Waals surface area contributed by atoms with Crippen molar-refractivity contribution in [3.63, 3.8) is 0 Å². The van der Waals surface area contributed by atoms with Crippen LogP contribution in [0.2, 0.25) is 0 Å². The average molecular weight is 490 g/mol. The molecule has 11 nitrogen and oxygen atoms in total. The lowest BCUT2D eigenvalue weighted by Crippen LogP contribution is -2.54. The SMILES string of the molecule is COC(=O)NC(=N)c1ccc(N2CC(CN3CCN(C(C)C(=O)OC(C)(C)C)CC3)OC2=O)cc1. The molecule has 35 heavy (non-hydrogen) atoms. The van der Waals surface area contributed by atoms with Crippen molar-refractivity contribution < 1.29 is 28.6 Å². The molecule has 2 heterocycles. The summed E-state index contributed by atoms with van der Waals surface area (Å²) in [6, 6.07) is 6.42. The molecule has 2 fully saturated rings. The van der Waals surface area contributed by atoms with Crippen LogP contribution in [-0.2, 0) is 19.0 Å². The van der Waals surface area contributed by atoms with E-state index in [1.54, 1.807) is 29.2 Å². The number of nitrogens with zero attached hydrogens (tertiary/aromatic N) is 3. The van der Waals surface area contributed by atoms with E-state index in [2.05, 4.69) is 19.9 Å². The fraction of sp³-hybridized carbons (Fsp3) is 0.583. The van der Waals surface area contributed by atoms with Crippen molar-refractivity contribution in [2.75, 3.05) is 51.3 Å². The van der Waals surface area contributed by atoms with Crippen molar-refractivity contribution in [3.8, 4) is 0 Å². The lowest BCUT2D eigenvalue weighted by Gasteiger charge is -2.38. The van der Waals surface area contributed by atoms with Gasteiger partial charge in [-0.3, -0.25) is 30.2 Å². The molecule has 11 heteroatoms. The van der Waals surface area contributed by atoms with Gasteiger partial charge >= 0.3 is 18.2 Å². The van der Waals surface area contributed by atoms with Crippen LogP contribution in [0.15, 0.2) is 24.3 Å². The number of benzene rings is 1. The van der Waals surface area contributed by atoms with E-state index >= 15 is 0 Å². The van der Waals surface area contributed by atoms with Gasteiger partial charge in [0.1, 0.15) is 23.6 Å². The molecule has 2 aliphatic heterocycles. The van der Waals surface area contributed by atoms with Crippen LogP contribution in [-0.4, -0.2) is 97.9 Å². The van der Waals surface area contributed by atoms with E-state index in [4.69, 9.17) is 14.9 Å². The Balaban J connectivity index is 1.48. The van der Waals surface area contributed by atoms with E-state index in [9.17, 15) is 14.4 Å². The number of piperazine rings is 1. The number of rotatable bonds is 6. The lowest BCUT2D eigenvalue weighted by atomic mass is 10.1. The predicted octanol–water partition coefficient (Wildman–Crippen LogP) is 2.04. The Morgan fingerprint density at radius 3 is 2.37 bits per heavy atom. The maximum Gasteiger partial charge on any atom is 0.414 e. The van der Waals surface area contributed by atoms with Gasteiger partial charge in [0, 0.05) is 44.0 Å². The summed E-state index contributed by atoms with van der Waals surface area (Å²) in [5, 5.41) is 10.2. The van der Waals surface area contributed by atoms with Crippen LogP contribution < -0.4 is 10.2 Å². The van der Waals surface area contributed by atoms with Gasteiger partial charge in [0.2, 0.25) is 0 Å². The minimum absolute atomic E-state index is 0.0922. The molecule has 3 rings (SSSR count). The summed E-state index contributed by atoms with van der Waals surface area (Å²) in [6.45, 7) is 11.5. The van der Waals surface area contributed by atoms with Crippen LogP contribution >= 0.6 is 0 Å². The van der Waals surface area contributed by atoms with E-state index in [0.717, 1.165) is 26.2 Å². The normalized spacial score (nSPS) is 20.2. The summed E-state index contributed by atoms with van der Waals surface area (Å²) in [5.74, 6) is -0.307. The van der Waals surface area contributed by atoms with Crippen molar-refractivity contribution in [1.82, 2.24) is 15.1 Å². The first-order valence-corrected chi connectivity index (χ1v) is 11.7. The number of hydrogen-bond acceptors (Lipinski definition) is 9. The summed E-state index contributed by atoms with van der Waals surface area (Å²) in [4.78, 5) is 42.0.